The van der Waals surface area contributed by atoms with Gasteiger partial charge in [0.15, 0.2) is 0 Å². The van der Waals surface area contributed by atoms with Crippen LogP contribution in [-0.4, -0.2) is 66.8 Å². The zero-order valence-corrected chi connectivity index (χ0v) is 18.5. The van der Waals surface area contributed by atoms with Crippen molar-refractivity contribution in [3.8, 4) is 0 Å². The van der Waals surface area contributed by atoms with E-state index in [4.69, 9.17) is 0 Å². The van der Waals surface area contributed by atoms with Crippen molar-refractivity contribution in [2.24, 2.45) is 11.8 Å². The maximum atomic E-state index is 13.0. The third-order valence-corrected chi connectivity index (χ3v) is 6.21. The average molecular weight is 398 g/mol. The Morgan fingerprint density at radius 2 is 1.83 bits per heavy atom. The number of hydrogen-bond acceptors (Lipinski definition) is 3. The summed E-state index contributed by atoms with van der Waals surface area (Å²) in [7, 11) is 3.87. The molecule has 5 heteroatoms. The van der Waals surface area contributed by atoms with Crippen molar-refractivity contribution in [3.05, 3.63) is 47.0 Å². The molecule has 3 rings (SSSR count). The third kappa shape index (κ3) is 4.89. The molecular weight excluding hydrogens is 362 g/mol. The molecular formula is C24H35N3O2. The van der Waals surface area contributed by atoms with Gasteiger partial charge in [-0.15, -0.1) is 0 Å². The molecule has 5 nitrogen and oxygen atoms in total. The topological polar surface area (TPSA) is 43.9 Å². The number of likely N-dealkylation sites (N-methyl/N-ethyl adjacent to an activating group) is 1. The zero-order chi connectivity index (χ0) is 21.1. The summed E-state index contributed by atoms with van der Waals surface area (Å²) in [5.74, 6) is 1.10. The molecule has 0 radical (unpaired) electrons. The fourth-order valence-electron chi connectivity index (χ4n) is 4.83. The first-order valence-corrected chi connectivity index (χ1v) is 10.7. The van der Waals surface area contributed by atoms with Crippen molar-refractivity contribution < 1.29 is 9.59 Å². The molecule has 2 fully saturated rings. The number of likely N-dealkylation sites (tertiary alicyclic amines) is 2. The minimum absolute atomic E-state index is 0.0595. The Kier molecular flexibility index (Phi) is 6.78. The van der Waals surface area contributed by atoms with Crippen LogP contribution in [0.4, 0.5) is 0 Å². The molecule has 1 aromatic rings. The highest BCUT2D eigenvalue weighted by atomic mass is 16.2. The van der Waals surface area contributed by atoms with Crippen LogP contribution >= 0.6 is 0 Å². The molecule has 3 atom stereocenters. The minimum atomic E-state index is 0.0595. The maximum absolute atomic E-state index is 13.0. The Balaban J connectivity index is 1.78. The van der Waals surface area contributed by atoms with E-state index in [0.29, 0.717) is 24.8 Å². The molecule has 2 saturated heterocycles. The van der Waals surface area contributed by atoms with Gasteiger partial charge in [0.05, 0.1) is 12.6 Å². The summed E-state index contributed by atoms with van der Waals surface area (Å²) in [5.41, 5.74) is 3.70. The predicted molar refractivity (Wildman–Crippen MR) is 116 cm³/mol. The number of fused-ring (bicyclic) bond motifs is 1. The Morgan fingerprint density at radius 1 is 1.10 bits per heavy atom. The average Bonchev–Trinajstić information content (AvgIpc) is 3.19. The van der Waals surface area contributed by atoms with Gasteiger partial charge >= 0.3 is 0 Å². The second-order valence-electron chi connectivity index (χ2n) is 9.13. The Bertz CT molecular complexity index is 782. The van der Waals surface area contributed by atoms with Gasteiger partial charge in [-0.25, -0.2) is 0 Å². The molecule has 2 heterocycles. The molecule has 2 aliphatic rings. The van der Waals surface area contributed by atoms with E-state index in [1.54, 1.807) is 0 Å². The molecule has 0 spiro atoms. The molecule has 0 bridgehead atoms. The fourth-order valence-corrected chi connectivity index (χ4v) is 4.83. The minimum Gasteiger partial charge on any atom is -0.342 e. The van der Waals surface area contributed by atoms with Crippen molar-refractivity contribution in [2.45, 2.75) is 39.7 Å². The SMILES string of the molecule is CC(C)=CCCC(=O)N1C[C@@H]2CN(C(=O)CN(C)C)[C@@H](c3ccccc3C)[C@@H]2C1. The van der Waals surface area contributed by atoms with Crippen LogP contribution in [0.5, 0.6) is 0 Å². The van der Waals surface area contributed by atoms with Crippen LogP contribution < -0.4 is 0 Å². The Morgan fingerprint density at radius 3 is 2.48 bits per heavy atom. The standard InChI is InChI=1S/C24H35N3O2/c1-17(2)9-8-12-22(28)26-13-19-14-27(23(29)16-25(4)5)24(21(19)15-26)20-11-7-6-10-18(20)3/h6-7,9-11,19,21,24H,8,12-16H2,1-5H3/t19-,21-,24+/m1/s1. The lowest BCUT2D eigenvalue weighted by Gasteiger charge is -2.31. The second kappa shape index (κ2) is 9.12. The first kappa shape index (κ1) is 21.6. The highest BCUT2D eigenvalue weighted by Crippen LogP contribution is 2.46. The van der Waals surface area contributed by atoms with Crippen LogP contribution in [0.15, 0.2) is 35.9 Å². The van der Waals surface area contributed by atoms with Crippen LogP contribution in [0.1, 0.15) is 43.9 Å². The van der Waals surface area contributed by atoms with Crippen LogP contribution in [0.25, 0.3) is 0 Å². The largest absolute Gasteiger partial charge is 0.342 e. The van der Waals surface area contributed by atoms with E-state index < -0.39 is 0 Å². The van der Waals surface area contributed by atoms with Crippen LogP contribution in [0.3, 0.4) is 0 Å². The number of aryl methyl sites for hydroxylation is 1. The summed E-state index contributed by atoms with van der Waals surface area (Å²) < 4.78 is 0. The number of carbonyl (C=O) groups excluding carboxylic acids is 2. The summed E-state index contributed by atoms with van der Waals surface area (Å²) in [4.78, 5) is 31.8. The highest BCUT2D eigenvalue weighted by molar-refractivity contribution is 5.80. The number of allylic oxidation sites excluding steroid dienone is 2. The molecule has 0 aromatic heterocycles. The summed E-state index contributed by atoms with van der Waals surface area (Å²) in [6.45, 7) is 8.94. The van der Waals surface area contributed by atoms with Crippen molar-refractivity contribution >= 4 is 11.8 Å². The van der Waals surface area contributed by atoms with Crippen molar-refractivity contribution in [2.75, 3.05) is 40.3 Å². The maximum Gasteiger partial charge on any atom is 0.237 e. The lowest BCUT2D eigenvalue weighted by atomic mass is 9.87. The van der Waals surface area contributed by atoms with Crippen molar-refractivity contribution in [1.29, 1.82) is 0 Å². The lowest BCUT2D eigenvalue weighted by molar-refractivity contribution is -0.134. The summed E-state index contributed by atoms with van der Waals surface area (Å²) >= 11 is 0. The molecule has 1 aromatic carbocycles. The van der Waals surface area contributed by atoms with Crippen LogP contribution in [-0.2, 0) is 9.59 Å². The molecule has 0 aliphatic carbocycles. The van der Waals surface area contributed by atoms with Crippen LogP contribution in [0, 0.1) is 18.8 Å². The summed E-state index contributed by atoms with van der Waals surface area (Å²) in [6, 6.07) is 8.43. The fraction of sp³-hybridized carbons (Fsp3) is 0.583. The van der Waals surface area contributed by atoms with Gasteiger partial charge in [-0.2, -0.15) is 0 Å². The number of hydrogen-bond donors (Lipinski definition) is 0. The van der Waals surface area contributed by atoms with E-state index in [1.165, 1.54) is 16.7 Å². The predicted octanol–water partition coefficient (Wildman–Crippen LogP) is 3.26. The molecule has 2 aliphatic heterocycles. The number of benzene rings is 1. The van der Waals surface area contributed by atoms with Gasteiger partial charge in [0.25, 0.3) is 0 Å². The second-order valence-corrected chi connectivity index (χ2v) is 9.13. The van der Waals surface area contributed by atoms with E-state index in [0.717, 1.165) is 26.1 Å². The number of amides is 2. The number of nitrogens with zero attached hydrogens (tertiary/aromatic N) is 3. The Hall–Kier alpha value is -2.14. The quantitative estimate of drug-likeness (QED) is 0.692. The zero-order valence-electron chi connectivity index (χ0n) is 18.5. The summed E-state index contributed by atoms with van der Waals surface area (Å²) in [5, 5.41) is 0. The van der Waals surface area contributed by atoms with Crippen LogP contribution in [0.2, 0.25) is 0 Å². The van der Waals surface area contributed by atoms with Crippen molar-refractivity contribution in [1.82, 2.24) is 14.7 Å². The van der Waals surface area contributed by atoms with E-state index >= 15 is 0 Å². The lowest BCUT2D eigenvalue weighted by Crippen LogP contribution is -2.41. The van der Waals surface area contributed by atoms with E-state index in [1.807, 2.05) is 30.0 Å². The highest BCUT2D eigenvalue weighted by Gasteiger charge is 2.50. The molecule has 2 amide bonds. The van der Waals surface area contributed by atoms with Gasteiger partial charge in [-0.3, -0.25) is 9.59 Å². The van der Waals surface area contributed by atoms with Gasteiger partial charge in [0, 0.05) is 37.9 Å². The first-order chi connectivity index (χ1) is 13.8. The third-order valence-electron chi connectivity index (χ3n) is 6.21. The normalized spacial score (nSPS) is 23.4. The smallest absolute Gasteiger partial charge is 0.237 e. The molecule has 0 unspecified atom stereocenters. The van der Waals surface area contributed by atoms with E-state index in [2.05, 4.69) is 49.9 Å². The van der Waals surface area contributed by atoms with Gasteiger partial charge < -0.3 is 14.7 Å². The van der Waals surface area contributed by atoms with Gasteiger partial charge in [-0.05, 0) is 52.4 Å². The first-order valence-electron chi connectivity index (χ1n) is 10.7. The van der Waals surface area contributed by atoms with Crippen molar-refractivity contribution in [3.63, 3.8) is 0 Å². The van der Waals surface area contributed by atoms with E-state index in [-0.39, 0.29) is 17.9 Å². The molecule has 0 N–H and O–H groups in total. The molecule has 29 heavy (non-hydrogen) atoms. The Labute approximate surface area is 175 Å². The number of carbonyl (C=O) groups is 2. The summed E-state index contributed by atoms with van der Waals surface area (Å²) in [6.07, 6.45) is 3.51. The molecule has 0 saturated carbocycles. The van der Waals surface area contributed by atoms with E-state index in [9.17, 15) is 9.59 Å². The van der Waals surface area contributed by atoms with Gasteiger partial charge in [-0.1, -0.05) is 35.9 Å². The van der Waals surface area contributed by atoms with Gasteiger partial charge in [0.2, 0.25) is 11.8 Å². The number of rotatable bonds is 6. The molecule has 158 valence electrons. The monoisotopic (exact) mass is 397 g/mol. The van der Waals surface area contributed by atoms with Gasteiger partial charge in [0.1, 0.15) is 0 Å².